The maximum absolute atomic E-state index is 12.6. The van der Waals surface area contributed by atoms with E-state index in [4.69, 9.17) is 14.2 Å². The molecule has 0 aliphatic carbocycles. The van der Waals surface area contributed by atoms with E-state index in [1.54, 1.807) is 41.5 Å². The number of amides is 1. The molecule has 0 fully saturated rings. The molecule has 1 aromatic carbocycles. The molecule has 2 N–H and O–H groups in total. The number of phenols is 1. The molecule has 0 aliphatic heterocycles. The van der Waals surface area contributed by atoms with Crippen molar-refractivity contribution in [3.05, 3.63) is 27.8 Å². The van der Waals surface area contributed by atoms with Crippen LogP contribution in [0.1, 0.15) is 88.6 Å². The molecule has 0 aliphatic rings. The highest BCUT2D eigenvalue weighted by Crippen LogP contribution is 2.36. The van der Waals surface area contributed by atoms with E-state index >= 15 is 0 Å². The number of benzene rings is 1. The van der Waals surface area contributed by atoms with Crippen LogP contribution in [0.25, 0.3) is 0 Å². The van der Waals surface area contributed by atoms with Crippen LogP contribution in [-0.2, 0) is 20.0 Å². The lowest BCUT2D eigenvalue weighted by Gasteiger charge is -2.26. The Bertz CT molecular complexity index is 802. The van der Waals surface area contributed by atoms with E-state index in [1.165, 1.54) is 13.2 Å². The summed E-state index contributed by atoms with van der Waals surface area (Å²) in [6.45, 7) is 22.0. The van der Waals surface area contributed by atoms with Gasteiger partial charge in [0.2, 0.25) is 0 Å². The smallest absolute Gasteiger partial charge is 0.409 e. The van der Waals surface area contributed by atoms with Crippen molar-refractivity contribution in [2.75, 3.05) is 7.11 Å². The van der Waals surface area contributed by atoms with Crippen LogP contribution in [0, 0.1) is 10.1 Å². The molecule has 0 spiro atoms. The summed E-state index contributed by atoms with van der Waals surface area (Å²) in [6, 6.07) is 2.28. The third-order valence-corrected chi connectivity index (χ3v) is 4.37. The van der Waals surface area contributed by atoms with Gasteiger partial charge in [0.15, 0.2) is 16.9 Å². The molecule has 36 heavy (non-hydrogen) atoms. The van der Waals surface area contributed by atoms with Gasteiger partial charge in [0.25, 0.3) is 5.69 Å². The number of hydrogen-bond donors (Lipinski definition) is 2. The van der Waals surface area contributed by atoms with Crippen LogP contribution < -0.4 is 10.1 Å². The summed E-state index contributed by atoms with van der Waals surface area (Å²) in [5, 5.41) is 22.6. The Morgan fingerprint density at radius 1 is 1.00 bits per heavy atom. The first-order chi connectivity index (χ1) is 16.6. The molecule has 210 valence electrons. The van der Waals surface area contributed by atoms with E-state index in [0.717, 1.165) is 17.8 Å². The van der Waals surface area contributed by atoms with Crippen molar-refractivity contribution < 1.29 is 33.8 Å². The summed E-state index contributed by atoms with van der Waals surface area (Å²) in [5.74, 6) is -1.15. The molecule has 1 aromatic rings. The molecular weight excluding hydrogens is 488 g/mol. The number of rotatable bonds is 7. The van der Waals surface area contributed by atoms with Gasteiger partial charge in [-0.15, -0.1) is 11.8 Å². The lowest BCUT2D eigenvalue weighted by molar-refractivity contribution is -0.385. The van der Waals surface area contributed by atoms with Gasteiger partial charge >= 0.3 is 12.1 Å². The van der Waals surface area contributed by atoms with Crippen LogP contribution >= 0.6 is 11.8 Å². The lowest BCUT2D eigenvalue weighted by atomic mass is 10.2. The summed E-state index contributed by atoms with van der Waals surface area (Å²) in [7, 11) is 1.27. The van der Waals surface area contributed by atoms with Gasteiger partial charge in [0.05, 0.1) is 18.1 Å². The zero-order valence-corrected chi connectivity index (χ0v) is 24.9. The van der Waals surface area contributed by atoms with E-state index < -0.39 is 33.6 Å². The number of esters is 1. The van der Waals surface area contributed by atoms with E-state index in [9.17, 15) is 24.8 Å². The maximum Gasteiger partial charge on any atom is 0.409 e. The fraction of sp³-hybridized carbons (Fsp3) is 0.680. The van der Waals surface area contributed by atoms with Crippen molar-refractivity contribution in [2.45, 2.75) is 105 Å². The number of methoxy groups -OCH3 is 1. The van der Waals surface area contributed by atoms with Crippen LogP contribution in [0.15, 0.2) is 12.1 Å². The summed E-state index contributed by atoms with van der Waals surface area (Å²) in [6.07, 6.45) is -0.835. The Morgan fingerprint density at radius 2 is 1.47 bits per heavy atom. The Balaban J connectivity index is -0.00000168. The summed E-state index contributed by atoms with van der Waals surface area (Å²) >= 11 is 0.889. The largest absolute Gasteiger partial charge is 0.504 e. The third-order valence-electron chi connectivity index (χ3n) is 3.25. The molecule has 0 saturated heterocycles. The summed E-state index contributed by atoms with van der Waals surface area (Å²) < 4.78 is 15.4. The Labute approximate surface area is 220 Å². The molecule has 0 saturated carbocycles. The number of nitrogens with one attached hydrogen (secondary N) is 1. The first-order valence-corrected chi connectivity index (χ1v) is 13.1. The zero-order chi connectivity index (χ0) is 29.3. The summed E-state index contributed by atoms with van der Waals surface area (Å²) in [4.78, 5) is 35.5. The van der Waals surface area contributed by atoms with Gasteiger partial charge in [0.1, 0.15) is 11.2 Å². The maximum atomic E-state index is 12.6. The number of nitro benzene ring substituents is 1. The van der Waals surface area contributed by atoms with E-state index in [1.807, 2.05) is 41.5 Å². The number of aromatic hydroxyl groups is 1. The molecule has 0 aromatic heterocycles. The van der Waals surface area contributed by atoms with Crippen LogP contribution in [0.4, 0.5) is 10.5 Å². The minimum Gasteiger partial charge on any atom is -0.504 e. The van der Waals surface area contributed by atoms with Gasteiger partial charge in [-0.25, -0.2) is 9.59 Å². The quantitative estimate of drug-likeness (QED) is 0.167. The molecule has 0 bridgehead atoms. The number of hydrogen-bond acceptors (Lipinski definition) is 9. The fourth-order valence-electron chi connectivity index (χ4n) is 2.16. The molecule has 0 heterocycles. The molecule has 1 unspecified atom stereocenters. The molecule has 1 atom stereocenters. The highest BCUT2D eigenvalue weighted by Gasteiger charge is 2.30. The number of phenolic OH excluding ortho intramolecular Hbond substituents is 1. The van der Waals surface area contributed by atoms with Crippen molar-refractivity contribution in [1.82, 2.24) is 5.32 Å². The van der Waals surface area contributed by atoms with Crippen LogP contribution in [0.5, 0.6) is 11.5 Å². The topological polar surface area (TPSA) is 137 Å². The van der Waals surface area contributed by atoms with Gasteiger partial charge in [-0.2, -0.15) is 0 Å². The number of ether oxygens (including phenoxy) is 3. The third kappa shape index (κ3) is 16.1. The standard InChI is InChI=1S/C19H28N2O8S.3C2H6/c1-18(2,3)28-16(23)15(20-17(24)29-19(4,5)6)30-10-11-8-13(22)14(27-7)9-12(11)21(25)26;3*1-2/h8-9,15,22H,10H2,1-7H3,(H,20,24);3*1-2H3. The number of thioether (sulfide) groups is 1. The second-order valence-electron chi connectivity index (χ2n) is 8.28. The van der Waals surface area contributed by atoms with Crippen LogP contribution in [-0.4, -0.2) is 45.8 Å². The number of carbonyl (C=O) groups excluding carboxylic acids is 2. The lowest BCUT2D eigenvalue weighted by Crippen LogP contribution is -2.44. The second kappa shape index (κ2) is 18.6. The Morgan fingerprint density at radius 3 is 1.86 bits per heavy atom. The average Bonchev–Trinajstić information content (AvgIpc) is 2.78. The molecule has 10 nitrogen and oxygen atoms in total. The predicted molar refractivity (Wildman–Crippen MR) is 146 cm³/mol. The van der Waals surface area contributed by atoms with Crippen molar-refractivity contribution in [3.8, 4) is 11.5 Å². The van der Waals surface area contributed by atoms with Crippen molar-refractivity contribution in [2.24, 2.45) is 0 Å². The molecule has 0 radical (unpaired) electrons. The number of nitrogens with zero attached hydrogens (tertiary/aromatic N) is 1. The number of nitro groups is 1. The minimum absolute atomic E-state index is 0.0500. The van der Waals surface area contributed by atoms with Gasteiger partial charge < -0.3 is 19.3 Å². The highest BCUT2D eigenvalue weighted by molar-refractivity contribution is 7.99. The van der Waals surface area contributed by atoms with Gasteiger partial charge in [-0.05, 0) is 47.6 Å². The van der Waals surface area contributed by atoms with E-state index in [0.29, 0.717) is 0 Å². The average molecular weight is 535 g/mol. The normalized spacial score (nSPS) is 11.0. The zero-order valence-electron chi connectivity index (χ0n) is 24.1. The Kier molecular flexibility index (Phi) is 19.5. The van der Waals surface area contributed by atoms with Gasteiger partial charge in [-0.1, -0.05) is 41.5 Å². The van der Waals surface area contributed by atoms with Gasteiger partial charge in [0, 0.05) is 11.3 Å². The SMILES string of the molecule is CC.CC.CC.COc1cc([N+](=O)[O-])c(CSC(NC(=O)OC(C)(C)C)C(=O)OC(C)(C)C)cc1O. The van der Waals surface area contributed by atoms with Crippen LogP contribution in [0.3, 0.4) is 0 Å². The Hall–Kier alpha value is -2.69. The first-order valence-electron chi connectivity index (χ1n) is 12.0. The first kappa shape index (κ1) is 37.9. The highest BCUT2D eigenvalue weighted by atomic mass is 32.2. The molecule has 1 amide bonds. The summed E-state index contributed by atoms with van der Waals surface area (Å²) in [5.41, 5.74) is -1.75. The number of alkyl carbamates (subject to hydrolysis) is 1. The van der Waals surface area contributed by atoms with Crippen molar-refractivity contribution in [3.63, 3.8) is 0 Å². The fourth-order valence-corrected chi connectivity index (χ4v) is 3.10. The molecule has 1 rings (SSSR count). The van der Waals surface area contributed by atoms with E-state index in [-0.39, 0.29) is 28.5 Å². The second-order valence-corrected chi connectivity index (χ2v) is 9.37. The molecule has 11 heteroatoms. The van der Waals surface area contributed by atoms with E-state index in [2.05, 4.69) is 5.32 Å². The van der Waals surface area contributed by atoms with Crippen molar-refractivity contribution >= 4 is 29.5 Å². The minimum atomic E-state index is -1.19. The monoisotopic (exact) mass is 534 g/mol. The predicted octanol–water partition coefficient (Wildman–Crippen LogP) is 6.81. The van der Waals surface area contributed by atoms with Crippen LogP contribution in [0.2, 0.25) is 0 Å². The van der Waals surface area contributed by atoms with Gasteiger partial charge in [-0.3, -0.25) is 15.4 Å². The number of carbonyl (C=O) groups is 2. The molecular formula is C25H46N2O8S. The van der Waals surface area contributed by atoms with Crippen molar-refractivity contribution in [1.29, 1.82) is 0 Å².